The molecule has 0 spiro atoms. The number of pyridine rings is 1. The summed E-state index contributed by atoms with van der Waals surface area (Å²) in [6, 6.07) is 10.5. The van der Waals surface area contributed by atoms with Gasteiger partial charge in [0, 0.05) is 30.3 Å². The van der Waals surface area contributed by atoms with Crippen molar-refractivity contribution < 1.29 is 9.18 Å². The average molecular weight is 312 g/mol. The zero-order chi connectivity index (χ0) is 16.4. The van der Waals surface area contributed by atoms with Crippen molar-refractivity contribution >= 4 is 5.91 Å². The van der Waals surface area contributed by atoms with Gasteiger partial charge < -0.3 is 5.32 Å². The van der Waals surface area contributed by atoms with Gasteiger partial charge in [0.05, 0.1) is 0 Å². The van der Waals surface area contributed by atoms with E-state index < -0.39 is 0 Å². The molecule has 2 aromatic rings. The summed E-state index contributed by atoms with van der Waals surface area (Å²) in [6.45, 7) is 4.51. The van der Waals surface area contributed by atoms with Crippen molar-refractivity contribution in [2.75, 3.05) is 6.54 Å². The average Bonchev–Trinajstić information content (AvgIpc) is 3.34. The normalized spacial score (nSPS) is 20.1. The maximum atomic E-state index is 13.4. The van der Waals surface area contributed by atoms with Crippen molar-refractivity contribution in [2.24, 2.45) is 5.92 Å². The minimum atomic E-state index is -0.309. The smallest absolute Gasteiger partial charge is 0.223 e. The highest BCUT2D eigenvalue weighted by Crippen LogP contribution is 2.47. The van der Waals surface area contributed by atoms with Gasteiger partial charge in [-0.05, 0) is 41.7 Å². The molecule has 1 saturated carbocycles. The summed E-state index contributed by atoms with van der Waals surface area (Å²) in [4.78, 5) is 16.4. The molecule has 1 aromatic carbocycles. The fourth-order valence-electron chi connectivity index (χ4n) is 2.90. The summed E-state index contributed by atoms with van der Waals surface area (Å²) >= 11 is 0. The highest BCUT2D eigenvalue weighted by molar-refractivity contribution is 5.83. The van der Waals surface area contributed by atoms with E-state index in [1.54, 1.807) is 12.3 Å². The Kier molecular flexibility index (Phi) is 4.16. The van der Waals surface area contributed by atoms with Crippen LogP contribution in [0.5, 0.6) is 0 Å². The summed E-state index contributed by atoms with van der Waals surface area (Å²) in [5, 5.41) is 3.02. The topological polar surface area (TPSA) is 42.0 Å². The molecule has 0 saturated heterocycles. The van der Waals surface area contributed by atoms with Crippen LogP contribution in [0.2, 0.25) is 0 Å². The lowest BCUT2D eigenvalue weighted by atomic mass is 9.84. The van der Waals surface area contributed by atoms with Crippen LogP contribution in [0.25, 0.3) is 0 Å². The minimum Gasteiger partial charge on any atom is -0.355 e. The first-order chi connectivity index (χ1) is 11.0. The molecular weight excluding hydrogens is 291 g/mol. The Morgan fingerprint density at radius 3 is 2.87 bits per heavy atom. The third kappa shape index (κ3) is 3.58. The van der Waals surface area contributed by atoms with Gasteiger partial charge >= 0.3 is 0 Å². The minimum absolute atomic E-state index is 0.0301. The molecule has 1 fully saturated rings. The van der Waals surface area contributed by atoms with Crippen molar-refractivity contribution in [3.8, 4) is 0 Å². The summed E-state index contributed by atoms with van der Waals surface area (Å²) < 4.78 is 13.4. The molecule has 0 aliphatic heterocycles. The van der Waals surface area contributed by atoms with Gasteiger partial charge in [-0.3, -0.25) is 9.78 Å². The van der Waals surface area contributed by atoms with E-state index in [0.717, 1.165) is 17.5 Å². The second-order valence-electron chi connectivity index (χ2n) is 6.85. The number of nitrogens with zero attached hydrogens (tertiary/aromatic N) is 1. The number of hydrogen-bond acceptors (Lipinski definition) is 2. The highest BCUT2D eigenvalue weighted by Gasteiger charge is 2.44. The SMILES string of the molecule is CC(C)(CNC(=O)[C@H]1C[C@@H]1c1cccnc1)c1cccc(F)c1. The molecule has 0 bridgehead atoms. The van der Waals surface area contributed by atoms with E-state index >= 15 is 0 Å². The molecule has 1 amide bonds. The van der Waals surface area contributed by atoms with Crippen molar-refractivity contribution in [3.05, 3.63) is 65.7 Å². The van der Waals surface area contributed by atoms with Gasteiger partial charge in [0.1, 0.15) is 5.82 Å². The van der Waals surface area contributed by atoms with Crippen molar-refractivity contribution in [3.63, 3.8) is 0 Å². The van der Waals surface area contributed by atoms with Crippen LogP contribution in [0.3, 0.4) is 0 Å². The van der Waals surface area contributed by atoms with Crippen LogP contribution in [-0.4, -0.2) is 17.4 Å². The summed E-state index contributed by atoms with van der Waals surface area (Å²) in [6.07, 6.45) is 4.44. The molecule has 3 nitrogen and oxygen atoms in total. The predicted molar refractivity (Wildman–Crippen MR) is 87.5 cm³/mol. The number of aromatic nitrogens is 1. The Bertz CT molecular complexity index is 700. The number of rotatable bonds is 5. The number of benzene rings is 1. The summed E-state index contributed by atoms with van der Waals surface area (Å²) in [5.41, 5.74) is 1.70. The van der Waals surface area contributed by atoms with E-state index in [0.29, 0.717) is 6.54 Å². The van der Waals surface area contributed by atoms with Gasteiger partial charge in [0.15, 0.2) is 0 Å². The molecule has 1 aliphatic rings. The van der Waals surface area contributed by atoms with Crippen LogP contribution < -0.4 is 5.32 Å². The second-order valence-corrected chi connectivity index (χ2v) is 6.85. The second kappa shape index (κ2) is 6.11. The van der Waals surface area contributed by atoms with Gasteiger partial charge in [-0.15, -0.1) is 0 Å². The van der Waals surface area contributed by atoms with Crippen LogP contribution in [-0.2, 0) is 10.2 Å². The molecule has 120 valence electrons. The zero-order valence-electron chi connectivity index (χ0n) is 13.4. The largest absolute Gasteiger partial charge is 0.355 e. The maximum Gasteiger partial charge on any atom is 0.223 e. The molecular formula is C19H21FN2O. The number of hydrogen-bond donors (Lipinski definition) is 1. The molecule has 1 heterocycles. The number of carbonyl (C=O) groups is 1. The van der Waals surface area contributed by atoms with E-state index in [4.69, 9.17) is 0 Å². The number of amides is 1. The summed E-state index contributed by atoms with van der Waals surface area (Å²) in [7, 11) is 0. The lowest BCUT2D eigenvalue weighted by Crippen LogP contribution is -2.37. The standard InChI is InChI=1S/C19H21FN2O/c1-19(2,14-6-3-7-15(20)9-14)12-22-18(23)17-10-16(17)13-5-4-8-21-11-13/h3-9,11,16-17H,10,12H2,1-2H3,(H,22,23)/t16-,17+/m1/s1. The molecule has 1 N–H and O–H groups in total. The lowest BCUT2D eigenvalue weighted by Gasteiger charge is -2.25. The third-order valence-corrected chi connectivity index (χ3v) is 4.55. The van der Waals surface area contributed by atoms with E-state index in [2.05, 4.69) is 10.3 Å². The van der Waals surface area contributed by atoms with Gasteiger partial charge in [0.2, 0.25) is 5.91 Å². The number of halogens is 1. The molecule has 0 unspecified atom stereocenters. The Hall–Kier alpha value is -2.23. The van der Waals surface area contributed by atoms with Crippen LogP contribution >= 0.6 is 0 Å². The summed E-state index contributed by atoms with van der Waals surface area (Å²) in [5.74, 6) is 0.132. The van der Waals surface area contributed by atoms with Crippen molar-refractivity contribution in [2.45, 2.75) is 31.6 Å². The Morgan fingerprint density at radius 1 is 1.35 bits per heavy atom. The molecule has 2 atom stereocenters. The van der Waals surface area contributed by atoms with Crippen molar-refractivity contribution in [1.82, 2.24) is 10.3 Å². The first kappa shape index (κ1) is 15.7. The molecule has 23 heavy (non-hydrogen) atoms. The van der Waals surface area contributed by atoms with Crippen LogP contribution in [0.1, 0.15) is 37.3 Å². The van der Waals surface area contributed by atoms with Crippen LogP contribution in [0, 0.1) is 11.7 Å². The number of nitrogens with one attached hydrogen (secondary N) is 1. The Labute approximate surface area is 135 Å². The van der Waals surface area contributed by atoms with Crippen molar-refractivity contribution in [1.29, 1.82) is 0 Å². The van der Waals surface area contributed by atoms with Crippen LogP contribution in [0.15, 0.2) is 48.8 Å². The Balaban J connectivity index is 1.57. The quantitative estimate of drug-likeness (QED) is 0.919. The number of carbonyl (C=O) groups excluding carboxylic acids is 1. The molecule has 1 aliphatic carbocycles. The monoisotopic (exact) mass is 312 g/mol. The predicted octanol–water partition coefficient (Wildman–Crippen LogP) is 3.42. The van der Waals surface area contributed by atoms with E-state index in [-0.39, 0.29) is 29.0 Å². The molecule has 4 heteroatoms. The first-order valence-corrected chi connectivity index (χ1v) is 7.91. The lowest BCUT2D eigenvalue weighted by molar-refractivity contribution is -0.122. The Morgan fingerprint density at radius 2 is 2.17 bits per heavy atom. The zero-order valence-corrected chi connectivity index (χ0v) is 13.4. The van der Waals surface area contributed by atoms with E-state index in [9.17, 15) is 9.18 Å². The van der Waals surface area contributed by atoms with E-state index in [1.807, 2.05) is 38.2 Å². The van der Waals surface area contributed by atoms with Gasteiger partial charge in [-0.25, -0.2) is 4.39 Å². The fraction of sp³-hybridized carbons (Fsp3) is 0.368. The highest BCUT2D eigenvalue weighted by atomic mass is 19.1. The molecule has 1 aromatic heterocycles. The van der Waals surface area contributed by atoms with Gasteiger partial charge in [-0.1, -0.05) is 32.0 Å². The van der Waals surface area contributed by atoms with Crippen LogP contribution in [0.4, 0.5) is 4.39 Å². The fourth-order valence-corrected chi connectivity index (χ4v) is 2.90. The van der Waals surface area contributed by atoms with E-state index in [1.165, 1.54) is 12.1 Å². The maximum absolute atomic E-state index is 13.4. The first-order valence-electron chi connectivity index (χ1n) is 7.91. The molecule has 3 rings (SSSR count). The molecule has 0 radical (unpaired) electrons. The van der Waals surface area contributed by atoms with Gasteiger partial charge in [-0.2, -0.15) is 0 Å². The van der Waals surface area contributed by atoms with Gasteiger partial charge in [0.25, 0.3) is 0 Å². The third-order valence-electron chi connectivity index (χ3n) is 4.55.